The zero-order chi connectivity index (χ0) is 15.2. The molecule has 2 aromatic rings. The highest BCUT2D eigenvalue weighted by molar-refractivity contribution is 5.92. The van der Waals surface area contributed by atoms with E-state index in [4.69, 9.17) is 10.00 Å². The maximum absolute atomic E-state index is 11.9. The number of aryl methyl sites for hydroxylation is 2. The van der Waals surface area contributed by atoms with Gasteiger partial charge in [-0.05, 0) is 55.3 Å². The number of ether oxygens (including phenoxy) is 1. The van der Waals surface area contributed by atoms with E-state index in [0.29, 0.717) is 11.3 Å². The Bertz CT molecular complexity index is 685. The molecular formula is C17H16N2O2. The number of amides is 1. The first-order chi connectivity index (χ1) is 10.1. The highest BCUT2D eigenvalue weighted by Crippen LogP contribution is 2.16. The molecule has 0 fully saturated rings. The van der Waals surface area contributed by atoms with E-state index in [2.05, 4.69) is 5.32 Å². The summed E-state index contributed by atoms with van der Waals surface area (Å²) in [6.45, 7) is 3.85. The fourth-order valence-corrected chi connectivity index (χ4v) is 1.83. The van der Waals surface area contributed by atoms with Crippen LogP contribution in [0.1, 0.15) is 16.7 Å². The van der Waals surface area contributed by atoms with Crippen LogP contribution in [0, 0.1) is 25.2 Å². The Kier molecular flexibility index (Phi) is 4.57. The molecule has 4 nitrogen and oxygen atoms in total. The number of anilines is 1. The first-order valence-electron chi connectivity index (χ1n) is 6.58. The maximum Gasteiger partial charge on any atom is 0.262 e. The summed E-state index contributed by atoms with van der Waals surface area (Å²) in [6, 6.07) is 14.6. The largest absolute Gasteiger partial charge is 0.484 e. The number of nitrogens with one attached hydrogen (secondary N) is 1. The van der Waals surface area contributed by atoms with Crippen molar-refractivity contribution in [1.82, 2.24) is 0 Å². The van der Waals surface area contributed by atoms with E-state index in [1.807, 2.05) is 38.1 Å². The molecular weight excluding hydrogens is 264 g/mol. The molecule has 4 heteroatoms. The van der Waals surface area contributed by atoms with Crippen LogP contribution in [0.5, 0.6) is 5.75 Å². The SMILES string of the molecule is Cc1ccc(C)c(NC(=O)COc2ccc(C#N)cc2)c1. The Morgan fingerprint density at radius 2 is 1.90 bits per heavy atom. The second-order valence-electron chi connectivity index (χ2n) is 4.79. The molecule has 0 aromatic heterocycles. The summed E-state index contributed by atoms with van der Waals surface area (Å²) >= 11 is 0. The van der Waals surface area contributed by atoms with Gasteiger partial charge in [0.15, 0.2) is 6.61 Å². The van der Waals surface area contributed by atoms with Gasteiger partial charge in [-0.15, -0.1) is 0 Å². The Labute approximate surface area is 124 Å². The number of carbonyl (C=O) groups is 1. The van der Waals surface area contributed by atoms with Crippen LogP contribution in [0.25, 0.3) is 0 Å². The molecule has 0 saturated heterocycles. The van der Waals surface area contributed by atoms with Crippen LogP contribution >= 0.6 is 0 Å². The highest BCUT2D eigenvalue weighted by Gasteiger charge is 2.06. The van der Waals surface area contributed by atoms with E-state index < -0.39 is 0 Å². The van der Waals surface area contributed by atoms with E-state index >= 15 is 0 Å². The van der Waals surface area contributed by atoms with Crippen LogP contribution in [0.15, 0.2) is 42.5 Å². The van der Waals surface area contributed by atoms with Crippen molar-refractivity contribution in [3.63, 3.8) is 0 Å². The molecule has 1 N–H and O–H groups in total. The van der Waals surface area contributed by atoms with Crippen molar-refractivity contribution in [3.8, 4) is 11.8 Å². The standard InChI is InChI=1S/C17H16N2O2/c1-12-3-4-13(2)16(9-12)19-17(20)11-21-15-7-5-14(10-18)6-8-15/h3-9H,11H2,1-2H3,(H,19,20). The first-order valence-corrected chi connectivity index (χ1v) is 6.58. The number of nitrogens with zero attached hydrogens (tertiary/aromatic N) is 1. The van der Waals surface area contributed by atoms with Gasteiger partial charge in [0, 0.05) is 5.69 Å². The van der Waals surface area contributed by atoms with Crippen molar-refractivity contribution in [2.75, 3.05) is 11.9 Å². The Morgan fingerprint density at radius 1 is 1.19 bits per heavy atom. The van der Waals surface area contributed by atoms with Gasteiger partial charge < -0.3 is 10.1 Å². The minimum Gasteiger partial charge on any atom is -0.484 e. The normalized spacial score (nSPS) is 9.76. The second kappa shape index (κ2) is 6.58. The van der Waals surface area contributed by atoms with Crippen molar-refractivity contribution in [3.05, 3.63) is 59.2 Å². The summed E-state index contributed by atoms with van der Waals surface area (Å²) in [6.07, 6.45) is 0. The number of carbonyl (C=O) groups excluding carboxylic acids is 1. The summed E-state index contributed by atoms with van der Waals surface area (Å²) in [5, 5.41) is 11.5. The molecule has 0 heterocycles. The van der Waals surface area contributed by atoms with Gasteiger partial charge in [-0.3, -0.25) is 4.79 Å². The summed E-state index contributed by atoms with van der Waals surface area (Å²) in [7, 11) is 0. The van der Waals surface area contributed by atoms with Gasteiger partial charge in [0.25, 0.3) is 5.91 Å². The van der Waals surface area contributed by atoms with Crippen LogP contribution in [0.2, 0.25) is 0 Å². The van der Waals surface area contributed by atoms with Gasteiger partial charge in [-0.1, -0.05) is 12.1 Å². The molecule has 21 heavy (non-hydrogen) atoms. The third-order valence-corrected chi connectivity index (χ3v) is 3.02. The van der Waals surface area contributed by atoms with E-state index in [1.54, 1.807) is 24.3 Å². The van der Waals surface area contributed by atoms with E-state index in [-0.39, 0.29) is 12.5 Å². The lowest BCUT2D eigenvalue weighted by Crippen LogP contribution is -2.20. The minimum absolute atomic E-state index is 0.0702. The topological polar surface area (TPSA) is 62.1 Å². The molecule has 106 valence electrons. The molecule has 0 radical (unpaired) electrons. The third-order valence-electron chi connectivity index (χ3n) is 3.02. The third kappa shape index (κ3) is 4.08. The van der Waals surface area contributed by atoms with Crippen LogP contribution < -0.4 is 10.1 Å². The zero-order valence-corrected chi connectivity index (χ0v) is 12.0. The lowest BCUT2D eigenvalue weighted by Gasteiger charge is -2.10. The number of nitriles is 1. The smallest absolute Gasteiger partial charge is 0.262 e. The van der Waals surface area contributed by atoms with Gasteiger partial charge in [-0.25, -0.2) is 0 Å². The van der Waals surface area contributed by atoms with Crippen LogP contribution in [-0.4, -0.2) is 12.5 Å². The Balaban J connectivity index is 1.92. The van der Waals surface area contributed by atoms with Crippen LogP contribution in [0.4, 0.5) is 5.69 Å². The van der Waals surface area contributed by atoms with E-state index in [9.17, 15) is 4.79 Å². The average molecular weight is 280 g/mol. The molecule has 0 spiro atoms. The lowest BCUT2D eigenvalue weighted by molar-refractivity contribution is -0.118. The molecule has 0 aliphatic heterocycles. The molecule has 2 rings (SSSR count). The molecule has 0 bridgehead atoms. The average Bonchev–Trinajstić information content (AvgIpc) is 2.49. The quantitative estimate of drug-likeness (QED) is 0.935. The predicted molar refractivity (Wildman–Crippen MR) is 81.2 cm³/mol. The van der Waals surface area contributed by atoms with Crippen molar-refractivity contribution < 1.29 is 9.53 Å². The van der Waals surface area contributed by atoms with Gasteiger partial charge in [0.05, 0.1) is 11.6 Å². The fourth-order valence-electron chi connectivity index (χ4n) is 1.83. The summed E-state index contributed by atoms with van der Waals surface area (Å²) in [5.41, 5.74) is 3.45. The number of hydrogen-bond acceptors (Lipinski definition) is 3. The highest BCUT2D eigenvalue weighted by atomic mass is 16.5. The minimum atomic E-state index is -0.215. The molecule has 1 amide bonds. The zero-order valence-electron chi connectivity index (χ0n) is 12.0. The first kappa shape index (κ1) is 14.6. The molecule has 0 atom stereocenters. The fraction of sp³-hybridized carbons (Fsp3) is 0.176. The number of benzene rings is 2. The van der Waals surface area contributed by atoms with Crippen molar-refractivity contribution in [2.45, 2.75) is 13.8 Å². The van der Waals surface area contributed by atoms with Gasteiger partial charge in [-0.2, -0.15) is 5.26 Å². The molecule has 0 unspecified atom stereocenters. The van der Waals surface area contributed by atoms with Crippen molar-refractivity contribution in [1.29, 1.82) is 5.26 Å². The molecule has 2 aromatic carbocycles. The van der Waals surface area contributed by atoms with E-state index in [1.165, 1.54) is 0 Å². The lowest BCUT2D eigenvalue weighted by atomic mass is 10.1. The number of hydrogen-bond donors (Lipinski definition) is 1. The Hall–Kier alpha value is -2.80. The monoisotopic (exact) mass is 280 g/mol. The van der Waals surface area contributed by atoms with Gasteiger partial charge in [0.1, 0.15) is 5.75 Å². The predicted octanol–water partition coefficient (Wildman–Crippen LogP) is 3.19. The van der Waals surface area contributed by atoms with Crippen molar-refractivity contribution in [2.24, 2.45) is 0 Å². The molecule has 0 saturated carbocycles. The summed E-state index contributed by atoms with van der Waals surface area (Å²) in [4.78, 5) is 11.9. The van der Waals surface area contributed by atoms with Crippen LogP contribution in [0.3, 0.4) is 0 Å². The van der Waals surface area contributed by atoms with Gasteiger partial charge in [0.2, 0.25) is 0 Å². The van der Waals surface area contributed by atoms with Crippen LogP contribution in [-0.2, 0) is 4.79 Å². The van der Waals surface area contributed by atoms with Gasteiger partial charge >= 0.3 is 0 Å². The van der Waals surface area contributed by atoms with E-state index in [0.717, 1.165) is 16.8 Å². The molecule has 0 aliphatic rings. The molecule has 0 aliphatic carbocycles. The van der Waals surface area contributed by atoms with Crippen molar-refractivity contribution >= 4 is 11.6 Å². The maximum atomic E-state index is 11.9. The Morgan fingerprint density at radius 3 is 2.57 bits per heavy atom. The number of rotatable bonds is 4. The second-order valence-corrected chi connectivity index (χ2v) is 4.79. The summed E-state index contributed by atoms with van der Waals surface area (Å²) in [5.74, 6) is 0.346. The summed E-state index contributed by atoms with van der Waals surface area (Å²) < 4.78 is 5.39.